The molecule has 0 heterocycles. The minimum Gasteiger partial charge on any atom is -0.491 e. The lowest BCUT2D eigenvalue weighted by Gasteiger charge is -2.09. The maximum Gasteiger partial charge on any atom is 0.248 e. The van der Waals surface area contributed by atoms with Gasteiger partial charge in [0.1, 0.15) is 23.1 Å². The van der Waals surface area contributed by atoms with Crippen LogP contribution in [0.15, 0.2) is 48.5 Å². The summed E-state index contributed by atoms with van der Waals surface area (Å²) in [5, 5.41) is 2.19. The molecule has 2 aromatic carbocycles. The van der Waals surface area contributed by atoms with Crippen molar-refractivity contribution in [3.8, 4) is 5.75 Å². The van der Waals surface area contributed by atoms with Crippen LogP contribution in [-0.2, 0) is 4.79 Å². The number of hydrogen-bond donors (Lipinski definition) is 1. The summed E-state index contributed by atoms with van der Waals surface area (Å²) in [4.78, 5) is 11.8. The summed E-state index contributed by atoms with van der Waals surface area (Å²) in [6, 6.07) is 10.6. The van der Waals surface area contributed by atoms with Crippen LogP contribution in [0.3, 0.4) is 0 Å². The molecule has 5 heteroatoms. The number of carbonyl (C=O) groups is 1. The fourth-order valence-electron chi connectivity index (χ4n) is 1.92. The van der Waals surface area contributed by atoms with E-state index in [0.717, 1.165) is 17.7 Å². The van der Waals surface area contributed by atoms with Crippen LogP contribution < -0.4 is 10.1 Å². The second-order valence-corrected chi connectivity index (χ2v) is 5.16. The molecule has 0 bridgehead atoms. The van der Waals surface area contributed by atoms with E-state index in [-0.39, 0.29) is 6.10 Å². The van der Waals surface area contributed by atoms with Gasteiger partial charge < -0.3 is 10.1 Å². The molecule has 2 rings (SSSR count). The fraction of sp³-hybridized carbons (Fsp3) is 0.167. The predicted octanol–water partition coefficient (Wildman–Crippen LogP) is 4.40. The zero-order chi connectivity index (χ0) is 16.8. The summed E-state index contributed by atoms with van der Waals surface area (Å²) >= 11 is 0. The Hall–Kier alpha value is -2.69. The van der Waals surface area contributed by atoms with Crippen molar-refractivity contribution in [3.63, 3.8) is 0 Å². The highest BCUT2D eigenvalue weighted by Gasteiger charge is 2.09. The third-order valence-electron chi connectivity index (χ3n) is 2.87. The second-order valence-electron chi connectivity index (χ2n) is 5.16. The van der Waals surface area contributed by atoms with Gasteiger partial charge >= 0.3 is 0 Å². The molecule has 120 valence electrons. The van der Waals surface area contributed by atoms with Crippen molar-refractivity contribution in [2.75, 3.05) is 5.32 Å². The zero-order valence-electron chi connectivity index (χ0n) is 12.8. The summed E-state index contributed by atoms with van der Waals surface area (Å²) in [6.07, 6.45) is 2.79. The molecule has 0 spiro atoms. The smallest absolute Gasteiger partial charge is 0.248 e. The Bertz CT molecular complexity index is 706. The molecule has 0 atom stereocenters. The van der Waals surface area contributed by atoms with Crippen LogP contribution in [0.25, 0.3) is 6.08 Å². The quantitative estimate of drug-likeness (QED) is 0.830. The maximum atomic E-state index is 13.5. The highest BCUT2D eigenvalue weighted by molar-refractivity contribution is 6.02. The molecular formula is C18H17F2NO2. The zero-order valence-corrected chi connectivity index (χ0v) is 12.8. The Morgan fingerprint density at radius 2 is 1.78 bits per heavy atom. The van der Waals surface area contributed by atoms with E-state index in [1.54, 1.807) is 24.3 Å². The largest absolute Gasteiger partial charge is 0.491 e. The highest BCUT2D eigenvalue weighted by atomic mass is 19.1. The Balaban J connectivity index is 2.07. The first kappa shape index (κ1) is 16.7. The van der Waals surface area contributed by atoms with E-state index in [4.69, 9.17) is 4.74 Å². The molecule has 0 saturated carbocycles. The number of carbonyl (C=O) groups excluding carboxylic acids is 1. The molecule has 3 nitrogen and oxygen atoms in total. The van der Waals surface area contributed by atoms with Crippen LogP contribution in [0.4, 0.5) is 14.5 Å². The van der Waals surface area contributed by atoms with Gasteiger partial charge in [-0.2, -0.15) is 0 Å². The number of halogens is 2. The van der Waals surface area contributed by atoms with E-state index in [0.29, 0.717) is 5.75 Å². The number of para-hydroxylation sites is 1. The first-order chi connectivity index (χ1) is 11.0. The van der Waals surface area contributed by atoms with Crippen LogP contribution in [0.5, 0.6) is 5.75 Å². The van der Waals surface area contributed by atoms with E-state index < -0.39 is 23.2 Å². The Morgan fingerprint density at radius 3 is 2.43 bits per heavy atom. The van der Waals surface area contributed by atoms with Crippen LogP contribution in [0.2, 0.25) is 0 Å². The molecule has 1 N–H and O–H groups in total. The van der Waals surface area contributed by atoms with Crippen molar-refractivity contribution in [2.24, 2.45) is 0 Å². The SMILES string of the molecule is CC(C)Oc1cccc(/C=C/C(=O)Nc2c(F)cccc2F)c1. The van der Waals surface area contributed by atoms with Gasteiger partial charge in [0.2, 0.25) is 5.91 Å². The highest BCUT2D eigenvalue weighted by Crippen LogP contribution is 2.19. The average Bonchev–Trinajstić information content (AvgIpc) is 2.49. The lowest BCUT2D eigenvalue weighted by molar-refractivity contribution is -0.111. The van der Waals surface area contributed by atoms with Crippen LogP contribution in [0.1, 0.15) is 19.4 Å². The molecule has 0 aliphatic carbocycles. The van der Waals surface area contributed by atoms with E-state index in [1.807, 2.05) is 19.9 Å². The van der Waals surface area contributed by atoms with Crippen LogP contribution in [0, 0.1) is 11.6 Å². The molecule has 0 fully saturated rings. The minimum atomic E-state index is -0.820. The van der Waals surface area contributed by atoms with Crippen LogP contribution in [-0.4, -0.2) is 12.0 Å². The molecule has 0 aromatic heterocycles. The summed E-state index contributed by atoms with van der Waals surface area (Å²) < 4.78 is 32.5. The number of benzene rings is 2. The van der Waals surface area contributed by atoms with E-state index in [9.17, 15) is 13.6 Å². The standard InChI is InChI=1S/C18H17F2NO2/c1-12(2)23-14-6-3-5-13(11-14)9-10-17(22)21-18-15(19)7-4-8-16(18)20/h3-12H,1-2H3,(H,21,22)/b10-9+. The number of anilines is 1. The fourth-order valence-corrected chi connectivity index (χ4v) is 1.92. The van der Waals surface area contributed by atoms with Crippen molar-refractivity contribution >= 4 is 17.7 Å². The molecule has 0 radical (unpaired) electrons. The number of nitrogens with one attached hydrogen (secondary N) is 1. The second kappa shape index (κ2) is 7.54. The lowest BCUT2D eigenvalue weighted by atomic mass is 10.2. The number of ether oxygens (including phenoxy) is 1. The summed E-state index contributed by atoms with van der Waals surface area (Å²) in [5.41, 5.74) is 0.284. The number of rotatable bonds is 5. The van der Waals surface area contributed by atoms with Crippen molar-refractivity contribution in [2.45, 2.75) is 20.0 Å². The van der Waals surface area contributed by atoms with Gasteiger partial charge in [0.05, 0.1) is 6.10 Å². The van der Waals surface area contributed by atoms with Gasteiger partial charge in [-0.15, -0.1) is 0 Å². The molecule has 0 saturated heterocycles. The molecule has 23 heavy (non-hydrogen) atoms. The van der Waals surface area contributed by atoms with Gasteiger partial charge in [0.15, 0.2) is 0 Å². The monoisotopic (exact) mass is 317 g/mol. The first-order valence-corrected chi connectivity index (χ1v) is 7.15. The van der Waals surface area contributed by atoms with Crippen molar-refractivity contribution in [1.82, 2.24) is 0 Å². The number of amides is 1. The van der Waals surface area contributed by atoms with Gasteiger partial charge in [-0.3, -0.25) is 4.79 Å². The van der Waals surface area contributed by atoms with Gasteiger partial charge in [-0.05, 0) is 49.8 Å². The normalized spacial score (nSPS) is 11.0. The topological polar surface area (TPSA) is 38.3 Å². The maximum absolute atomic E-state index is 13.5. The van der Waals surface area contributed by atoms with Gasteiger partial charge in [0.25, 0.3) is 0 Å². The Kier molecular flexibility index (Phi) is 5.46. The Labute approximate surface area is 133 Å². The van der Waals surface area contributed by atoms with Crippen molar-refractivity contribution in [1.29, 1.82) is 0 Å². The van der Waals surface area contributed by atoms with Gasteiger partial charge in [0, 0.05) is 6.08 Å². The summed E-state index contributed by atoms with van der Waals surface area (Å²) in [7, 11) is 0. The molecular weight excluding hydrogens is 300 g/mol. The van der Waals surface area contributed by atoms with Gasteiger partial charge in [-0.25, -0.2) is 8.78 Å². The van der Waals surface area contributed by atoms with E-state index >= 15 is 0 Å². The average molecular weight is 317 g/mol. The van der Waals surface area contributed by atoms with Crippen LogP contribution >= 0.6 is 0 Å². The molecule has 0 aliphatic heterocycles. The molecule has 1 amide bonds. The molecule has 0 aliphatic rings. The summed E-state index contributed by atoms with van der Waals surface area (Å²) in [5.74, 6) is -1.58. The first-order valence-electron chi connectivity index (χ1n) is 7.15. The molecule has 0 unspecified atom stereocenters. The predicted molar refractivity (Wildman–Crippen MR) is 86.2 cm³/mol. The lowest BCUT2D eigenvalue weighted by Crippen LogP contribution is -2.10. The minimum absolute atomic E-state index is 0.0431. The Morgan fingerprint density at radius 1 is 1.13 bits per heavy atom. The van der Waals surface area contributed by atoms with E-state index in [1.165, 1.54) is 12.1 Å². The van der Waals surface area contributed by atoms with E-state index in [2.05, 4.69) is 5.32 Å². The molecule has 2 aromatic rings. The summed E-state index contributed by atoms with van der Waals surface area (Å²) in [6.45, 7) is 3.83. The van der Waals surface area contributed by atoms with Gasteiger partial charge in [-0.1, -0.05) is 18.2 Å². The third-order valence-corrected chi connectivity index (χ3v) is 2.87. The van der Waals surface area contributed by atoms with Crippen molar-refractivity contribution in [3.05, 3.63) is 65.7 Å². The third kappa shape index (κ3) is 4.92. The number of hydrogen-bond acceptors (Lipinski definition) is 2. The van der Waals surface area contributed by atoms with Crippen molar-refractivity contribution < 1.29 is 18.3 Å².